The van der Waals surface area contributed by atoms with Crippen molar-refractivity contribution in [1.29, 1.82) is 0 Å². The van der Waals surface area contributed by atoms with Gasteiger partial charge in [0, 0.05) is 19.7 Å². The largest absolute Gasteiger partial charge is 0.393 e. The Bertz CT molecular complexity index is 287. The Morgan fingerprint density at radius 2 is 2.16 bits per heavy atom. The SMILES string of the molecule is CCC(C)(OC)C(=O)N1CCCCCC1CC(C)O. The normalized spacial score (nSPS) is 25.5. The lowest BCUT2D eigenvalue weighted by atomic mass is 9.97. The van der Waals surface area contributed by atoms with Gasteiger partial charge in [0.1, 0.15) is 5.60 Å². The molecule has 3 unspecified atom stereocenters. The second kappa shape index (κ2) is 7.25. The van der Waals surface area contributed by atoms with Crippen molar-refractivity contribution in [3.8, 4) is 0 Å². The van der Waals surface area contributed by atoms with E-state index in [1.807, 2.05) is 18.7 Å². The summed E-state index contributed by atoms with van der Waals surface area (Å²) in [6.45, 7) is 6.42. The van der Waals surface area contributed by atoms with Gasteiger partial charge in [-0.3, -0.25) is 4.79 Å². The number of hydrogen-bond donors (Lipinski definition) is 1. The topological polar surface area (TPSA) is 49.8 Å². The molecule has 1 heterocycles. The fraction of sp³-hybridized carbons (Fsp3) is 0.933. The molecular formula is C15H29NO3. The highest BCUT2D eigenvalue weighted by Gasteiger charge is 2.38. The van der Waals surface area contributed by atoms with Gasteiger partial charge in [-0.15, -0.1) is 0 Å². The quantitative estimate of drug-likeness (QED) is 0.835. The number of likely N-dealkylation sites (tertiary alicyclic amines) is 1. The zero-order valence-electron chi connectivity index (χ0n) is 12.8. The van der Waals surface area contributed by atoms with Crippen LogP contribution in [0.5, 0.6) is 0 Å². The van der Waals surface area contributed by atoms with E-state index in [1.54, 1.807) is 14.0 Å². The molecule has 19 heavy (non-hydrogen) atoms. The molecule has 1 N–H and O–H groups in total. The molecule has 4 nitrogen and oxygen atoms in total. The maximum absolute atomic E-state index is 12.7. The molecule has 4 heteroatoms. The number of carbonyl (C=O) groups is 1. The van der Waals surface area contributed by atoms with E-state index in [0.717, 1.165) is 32.2 Å². The summed E-state index contributed by atoms with van der Waals surface area (Å²) in [5.41, 5.74) is -0.735. The van der Waals surface area contributed by atoms with Gasteiger partial charge < -0.3 is 14.7 Å². The lowest BCUT2D eigenvalue weighted by Gasteiger charge is -2.37. The molecular weight excluding hydrogens is 242 g/mol. The maximum atomic E-state index is 12.7. The highest BCUT2D eigenvalue weighted by molar-refractivity contribution is 5.85. The zero-order valence-corrected chi connectivity index (χ0v) is 12.8. The third-order valence-electron chi connectivity index (χ3n) is 4.33. The third-order valence-corrected chi connectivity index (χ3v) is 4.33. The van der Waals surface area contributed by atoms with Gasteiger partial charge in [-0.25, -0.2) is 0 Å². The average molecular weight is 271 g/mol. The van der Waals surface area contributed by atoms with Crippen molar-refractivity contribution in [2.45, 2.75) is 77.0 Å². The summed E-state index contributed by atoms with van der Waals surface area (Å²) in [4.78, 5) is 14.7. The van der Waals surface area contributed by atoms with Crippen LogP contribution in [0.2, 0.25) is 0 Å². The van der Waals surface area contributed by atoms with Crippen LogP contribution in [-0.2, 0) is 9.53 Å². The zero-order chi connectivity index (χ0) is 14.5. The van der Waals surface area contributed by atoms with E-state index >= 15 is 0 Å². The van der Waals surface area contributed by atoms with Gasteiger partial charge in [0.15, 0.2) is 0 Å². The van der Waals surface area contributed by atoms with Crippen LogP contribution in [0.25, 0.3) is 0 Å². The molecule has 0 aromatic rings. The van der Waals surface area contributed by atoms with Crippen LogP contribution in [-0.4, -0.2) is 47.3 Å². The lowest BCUT2D eigenvalue weighted by Crippen LogP contribution is -2.52. The Morgan fingerprint density at radius 1 is 1.47 bits per heavy atom. The molecule has 0 aliphatic carbocycles. The number of aliphatic hydroxyl groups is 1. The summed E-state index contributed by atoms with van der Waals surface area (Å²) in [5, 5.41) is 9.64. The third kappa shape index (κ3) is 4.18. The molecule has 1 aliphatic rings. The number of carbonyl (C=O) groups excluding carboxylic acids is 1. The predicted octanol–water partition coefficient (Wildman–Crippen LogP) is 2.34. The first kappa shape index (κ1) is 16.4. The first-order chi connectivity index (χ1) is 8.94. The number of rotatable bonds is 5. The molecule has 0 bridgehead atoms. The standard InChI is InChI=1S/C15H29NO3/c1-5-15(3,19-4)14(18)16-10-8-6-7-9-13(16)11-12(2)17/h12-13,17H,5-11H2,1-4H3. The van der Waals surface area contributed by atoms with Crippen LogP contribution < -0.4 is 0 Å². The van der Waals surface area contributed by atoms with Gasteiger partial charge in [0.05, 0.1) is 6.10 Å². The fourth-order valence-corrected chi connectivity index (χ4v) is 2.77. The first-order valence-electron chi connectivity index (χ1n) is 7.49. The predicted molar refractivity (Wildman–Crippen MR) is 76.0 cm³/mol. The Morgan fingerprint density at radius 3 is 2.68 bits per heavy atom. The van der Waals surface area contributed by atoms with Crippen molar-refractivity contribution >= 4 is 5.91 Å². The number of hydrogen-bond acceptors (Lipinski definition) is 3. The number of methoxy groups -OCH3 is 1. The highest BCUT2D eigenvalue weighted by Crippen LogP contribution is 2.26. The van der Waals surface area contributed by atoms with Gasteiger partial charge in [0.2, 0.25) is 0 Å². The van der Waals surface area contributed by atoms with E-state index < -0.39 is 5.60 Å². The fourth-order valence-electron chi connectivity index (χ4n) is 2.77. The monoisotopic (exact) mass is 271 g/mol. The summed E-state index contributed by atoms with van der Waals surface area (Å²) in [6.07, 6.45) is 5.29. The molecule has 112 valence electrons. The molecule has 0 aromatic carbocycles. The van der Waals surface area contributed by atoms with Crippen molar-refractivity contribution in [3.05, 3.63) is 0 Å². The van der Waals surface area contributed by atoms with Crippen molar-refractivity contribution in [2.75, 3.05) is 13.7 Å². The number of amides is 1. The van der Waals surface area contributed by atoms with Crippen LogP contribution in [0.4, 0.5) is 0 Å². The Hall–Kier alpha value is -0.610. The molecule has 0 saturated carbocycles. The second-order valence-corrected chi connectivity index (χ2v) is 5.87. The van der Waals surface area contributed by atoms with Gasteiger partial charge in [-0.2, -0.15) is 0 Å². The lowest BCUT2D eigenvalue weighted by molar-refractivity contribution is -0.156. The van der Waals surface area contributed by atoms with Gasteiger partial charge >= 0.3 is 0 Å². The number of nitrogens with zero attached hydrogens (tertiary/aromatic N) is 1. The summed E-state index contributed by atoms with van der Waals surface area (Å²) < 4.78 is 5.44. The molecule has 1 amide bonds. The van der Waals surface area contributed by atoms with E-state index in [0.29, 0.717) is 12.8 Å². The number of aliphatic hydroxyl groups excluding tert-OH is 1. The van der Waals surface area contributed by atoms with E-state index in [1.165, 1.54) is 0 Å². The first-order valence-corrected chi connectivity index (χ1v) is 7.49. The van der Waals surface area contributed by atoms with Crippen LogP contribution in [0.1, 0.15) is 59.3 Å². The molecule has 0 spiro atoms. The minimum absolute atomic E-state index is 0.0741. The van der Waals surface area contributed by atoms with Crippen molar-refractivity contribution in [3.63, 3.8) is 0 Å². The minimum Gasteiger partial charge on any atom is -0.393 e. The summed E-state index contributed by atoms with van der Waals surface area (Å²) in [6, 6.07) is 0.149. The Labute approximate surface area is 117 Å². The maximum Gasteiger partial charge on any atom is 0.254 e. The van der Waals surface area contributed by atoms with Crippen LogP contribution in [0.3, 0.4) is 0 Å². The van der Waals surface area contributed by atoms with Gasteiger partial charge in [-0.05, 0) is 39.5 Å². The molecule has 1 fully saturated rings. The van der Waals surface area contributed by atoms with Crippen LogP contribution in [0, 0.1) is 0 Å². The Balaban J connectivity index is 2.87. The van der Waals surface area contributed by atoms with Crippen LogP contribution in [0.15, 0.2) is 0 Å². The van der Waals surface area contributed by atoms with Crippen molar-refractivity contribution < 1.29 is 14.6 Å². The summed E-state index contributed by atoms with van der Waals surface area (Å²) in [5.74, 6) is 0.0741. The van der Waals surface area contributed by atoms with E-state index in [4.69, 9.17) is 4.74 Å². The van der Waals surface area contributed by atoms with E-state index in [9.17, 15) is 9.90 Å². The molecule has 1 aliphatic heterocycles. The molecule has 1 rings (SSSR count). The second-order valence-electron chi connectivity index (χ2n) is 5.87. The van der Waals surface area contributed by atoms with Gasteiger partial charge in [0.25, 0.3) is 5.91 Å². The molecule has 3 atom stereocenters. The number of ether oxygens (including phenoxy) is 1. The average Bonchev–Trinajstić information content (AvgIpc) is 2.61. The smallest absolute Gasteiger partial charge is 0.254 e. The van der Waals surface area contributed by atoms with Crippen molar-refractivity contribution in [2.24, 2.45) is 0 Å². The molecule has 0 aromatic heterocycles. The molecule has 0 radical (unpaired) electrons. The van der Waals surface area contributed by atoms with Crippen LogP contribution >= 0.6 is 0 Å². The highest BCUT2D eigenvalue weighted by atomic mass is 16.5. The summed E-state index contributed by atoms with van der Waals surface area (Å²) >= 11 is 0. The van der Waals surface area contributed by atoms with E-state index in [2.05, 4.69) is 0 Å². The van der Waals surface area contributed by atoms with Crippen molar-refractivity contribution in [1.82, 2.24) is 4.90 Å². The van der Waals surface area contributed by atoms with Gasteiger partial charge in [-0.1, -0.05) is 19.8 Å². The summed E-state index contributed by atoms with van der Waals surface area (Å²) in [7, 11) is 1.60. The minimum atomic E-state index is -0.735. The Kier molecular flexibility index (Phi) is 6.27. The van der Waals surface area contributed by atoms with E-state index in [-0.39, 0.29) is 18.1 Å². The molecule has 1 saturated heterocycles.